The van der Waals surface area contributed by atoms with Crippen molar-refractivity contribution in [3.05, 3.63) is 53.4 Å². The van der Waals surface area contributed by atoms with Crippen LogP contribution in [-0.4, -0.2) is 40.2 Å². The molecule has 0 spiro atoms. The molecule has 0 bridgehead atoms. The number of nitrogens with two attached hydrogens (primary N) is 1. The molecule has 1 saturated heterocycles. The van der Waals surface area contributed by atoms with E-state index in [2.05, 4.69) is 22.2 Å². The number of nitrogen functional groups attached to an aromatic ring is 1. The lowest BCUT2D eigenvalue weighted by Gasteiger charge is -2.35. The summed E-state index contributed by atoms with van der Waals surface area (Å²) in [7, 11) is 0. The van der Waals surface area contributed by atoms with E-state index in [1.807, 2.05) is 19.1 Å². The van der Waals surface area contributed by atoms with Gasteiger partial charge in [-0.25, -0.2) is 4.98 Å². The van der Waals surface area contributed by atoms with Gasteiger partial charge in [-0.2, -0.15) is 0 Å². The molecule has 1 atom stereocenters. The highest BCUT2D eigenvalue weighted by atomic mass is 16.2. The molecule has 30 heavy (non-hydrogen) atoms. The summed E-state index contributed by atoms with van der Waals surface area (Å²) in [6.07, 6.45) is 7.94. The third-order valence-electron chi connectivity index (χ3n) is 5.39. The van der Waals surface area contributed by atoms with Crippen molar-refractivity contribution >= 4 is 29.2 Å². The van der Waals surface area contributed by atoms with E-state index >= 15 is 0 Å². The van der Waals surface area contributed by atoms with E-state index in [9.17, 15) is 14.4 Å². The fraction of sp³-hybridized carbons (Fsp3) is 0.364. The van der Waals surface area contributed by atoms with E-state index in [-0.39, 0.29) is 11.9 Å². The van der Waals surface area contributed by atoms with Gasteiger partial charge in [-0.3, -0.25) is 14.4 Å². The zero-order valence-electron chi connectivity index (χ0n) is 17.3. The number of anilines is 2. The Morgan fingerprint density at radius 1 is 1.37 bits per heavy atom. The van der Waals surface area contributed by atoms with Crippen LogP contribution >= 0.6 is 0 Å². The Morgan fingerprint density at radius 3 is 2.80 bits per heavy atom. The molecule has 1 fully saturated rings. The summed E-state index contributed by atoms with van der Waals surface area (Å²) in [5, 5.41) is 5.41. The van der Waals surface area contributed by atoms with Crippen molar-refractivity contribution in [2.75, 3.05) is 17.6 Å². The Morgan fingerprint density at radius 2 is 2.13 bits per heavy atom. The quantitative estimate of drug-likeness (QED) is 0.521. The summed E-state index contributed by atoms with van der Waals surface area (Å²) in [5.74, 6) is -0.974. The van der Waals surface area contributed by atoms with Gasteiger partial charge in [0.2, 0.25) is 5.91 Å². The summed E-state index contributed by atoms with van der Waals surface area (Å²) in [5.41, 5.74) is 9.29. The molecule has 0 saturated carbocycles. The van der Waals surface area contributed by atoms with E-state index in [1.54, 1.807) is 17.9 Å². The number of aromatic nitrogens is 1. The molecule has 8 nitrogen and oxygen atoms in total. The van der Waals surface area contributed by atoms with Crippen LogP contribution in [0.5, 0.6) is 0 Å². The topological polar surface area (TPSA) is 117 Å². The van der Waals surface area contributed by atoms with Gasteiger partial charge in [0, 0.05) is 18.7 Å². The summed E-state index contributed by atoms with van der Waals surface area (Å²) in [6.45, 7) is 8.27. The molecule has 1 aromatic heterocycles. The van der Waals surface area contributed by atoms with Gasteiger partial charge in [0.15, 0.2) is 0 Å². The largest absolute Gasteiger partial charge is 0.383 e. The first-order chi connectivity index (χ1) is 14.3. The van der Waals surface area contributed by atoms with E-state index < -0.39 is 11.8 Å². The van der Waals surface area contributed by atoms with Crippen LogP contribution in [0.2, 0.25) is 0 Å². The normalized spacial score (nSPS) is 19.2. The minimum absolute atomic E-state index is 0.0312. The molecule has 3 rings (SSSR count). The average Bonchev–Trinajstić information content (AvgIpc) is 3.05. The number of piperidine rings is 1. The van der Waals surface area contributed by atoms with Crippen LogP contribution in [0.1, 0.15) is 38.2 Å². The predicted octanol–water partition coefficient (Wildman–Crippen LogP) is 2.20. The first kappa shape index (κ1) is 21.3. The second kappa shape index (κ2) is 8.94. The molecule has 3 heterocycles. The number of nitrogens with one attached hydrogen (secondary N) is 2. The molecule has 0 aromatic carbocycles. The van der Waals surface area contributed by atoms with Crippen LogP contribution in [0.15, 0.2) is 47.8 Å². The van der Waals surface area contributed by atoms with Crippen molar-refractivity contribution in [3.63, 3.8) is 0 Å². The molecule has 0 unspecified atom stereocenters. The number of likely N-dealkylation sites (tertiary alicyclic amines) is 1. The Kier molecular flexibility index (Phi) is 6.34. The van der Waals surface area contributed by atoms with Crippen molar-refractivity contribution in [1.29, 1.82) is 0 Å². The number of allylic oxidation sites excluding steroid dienone is 1. The van der Waals surface area contributed by atoms with E-state index in [0.717, 1.165) is 41.7 Å². The standard InChI is InChI=1S/C22H27N5O3/c1-13(7-8-17-14(2)11-19(28)26-17)18-6-4-5-9-27(18)22(30)21(29)25-16-10-15(3)20(23)24-12-16/h7-8,10,12,18H,1,4-6,9,11H2,2-3H3,(H2,23,24)(H,25,29)(H,26,28)/b8-7-/t18-/m0/s1. The maximum absolute atomic E-state index is 12.9. The number of rotatable bonds is 4. The van der Waals surface area contributed by atoms with Gasteiger partial charge in [0.05, 0.1) is 17.9 Å². The first-order valence-corrected chi connectivity index (χ1v) is 9.97. The van der Waals surface area contributed by atoms with Gasteiger partial charge in [0.1, 0.15) is 5.82 Å². The Bertz CT molecular complexity index is 964. The fourth-order valence-electron chi connectivity index (χ4n) is 3.65. The van der Waals surface area contributed by atoms with Crippen LogP contribution in [0.3, 0.4) is 0 Å². The highest BCUT2D eigenvalue weighted by Crippen LogP contribution is 2.25. The van der Waals surface area contributed by atoms with Crippen LogP contribution < -0.4 is 16.4 Å². The third-order valence-corrected chi connectivity index (χ3v) is 5.39. The number of aryl methyl sites for hydroxylation is 1. The monoisotopic (exact) mass is 409 g/mol. The molecule has 0 radical (unpaired) electrons. The van der Waals surface area contributed by atoms with Crippen LogP contribution in [0.25, 0.3) is 0 Å². The first-order valence-electron chi connectivity index (χ1n) is 9.97. The SMILES string of the molecule is C=C(/C=C\C1=C(C)CC(=O)N1)[C@@H]1CCCCN1C(=O)C(=O)Nc1cnc(N)c(C)c1. The number of amides is 3. The van der Waals surface area contributed by atoms with Gasteiger partial charge >= 0.3 is 11.8 Å². The minimum atomic E-state index is -0.716. The molecule has 3 amide bonds. The lowest BCUT2D eigenvalue weighted by molar-refractivity contribution is -0.145. The maximum atomic E-state index is 12.9. The number of carbonyl (C=O) groups excluding carboxylic acids is 3. The fourth-order valence-corrected chi connectivity index (χ4v) is 3.65. The predicted molar refractivity (Wildman–Crippen MR) is 115 cm³/mol. The van der Waals surface area contributed by atoms with Crippen molar-refractivity contribution in [2.24, 2.45) is 0 Å². The zero-order valence-corrected chi connectivity index (χ0v) is 17.3. The molecular formula is C22H27N5O3. The summed E-state index contributed by atoms with van der Waals surface area (Å²) < 4.78 is 0. The number of nitrogens with zero attached hydrogens (tertiary/aromatic N) is 2. The number of pyridine rings is 1. The zero-order chi connectivity index (χ0) is 21.8. The van der Waals surface area contributed by atoms with E-state index in [1.165, 1.54) is 6.20 Å². The number of hydrogen-bond acceptors (Lipinski definition) is 5. The lowest BCUT2D eigenvalue weighted by atomic mass is 9.95. The van der Waals surface area contributed by atoms with Crippen molar-refractivity contribution in [1.82, 2.24) is 15.2 Å². The molecule has 2 aliphatic rings. The van der Waals surface area contributed by atoms with E-state index in [0.29, 0.717) is 24.5 Å². The van der Waals surface area contributed by atoms with E-state index in [4.69, 9.17) is 5.73 Å². The maximum Gasteiger partial charge on any atom is 0.313 e. The molecule has 0 aliphatic carbocycles. The summed E-state index contributed by atoms with van der Waals surface area (Å²) in [4.78, 5) is 42.5. The van der Waals surface area contributed by atoms with Crippen LogP contribution in [0.4, 0.5) is 11.5 Å². The Balaban J connectivity index is 1.69. The average molecular weight is 409 g/mol. The van der Waals surface area contributed by atoms with Crippen molar-refractivity contribution < 1.29 is 14.4 Å². The van der Waals surface area contributed by atoms with Crippen molar-refractivity contribution in [2.45, 2.75) is 45.6 Å². The van der Waals surface area contributed by atoms with Gasteiger partial charge in [-0.05, 0) is 62.0 Å². The lowest BCUT2D eigenvalue weighted by Crippen LogP contribution is -2.48. The second-order valence-electron chi connectivity index (χ2n) is 7.72. The third kappa shape index (κ3) is 4.76. The summed E-state index contributed by atoms with van der Waals surface area (Å²) in [6, 6.07) is 1.41. The summed E-state index contributed by atoms with van der Waals surface area (Å²) >= 11 is 0. The van der Waals surface area contributed by atoms with Gasteiger partial charge in [0.25, 0.3) is 0 Å². The smallest absolute Gasteiger partial charge is 0.313 e. The Hall–Kier alpha value is -3.42. The van der Waals surface area contributed by atoms with Gasteiger partial charge < -0.3 is 21.3 Å². The molecule has 158 valence electrons. The molecule has 8 heteroatoms. The van der Waals surface area contributed by atoms with Gasteiger partial charge in [-0.1, -0.05) is 12.7 Å². The molecule has 1 aromatic rings. The Labute approximate surface area is 175 Å². The molecule has 2 aliphatic heterocycles. The van der Waals surface area contributed by atoms with Gasteiger partial charge in [-0.15, -0.1) is 0 Å². The highest BCUT2D eigenvalue weighted by Gasteiger charge is 2.32. The van der Waals surface area contributed by atoms with Crippen molar-refractivity contribution in [3.8, 4) is 0 Å². The highest BCUT2D eigenvalue weighted by molar-refractivity contribution is 6.39. The molecule has 4 N–H and O–H groups in total. The minimum Gasteiger partial charge on any atom is -0.383 e. The van der Waals surface area contributed by atoms with Crippen LogP contribution in [0, 0.1) is 6.92 Å². The molecular weight excluding hydrogens is 382 g/mol. The second-order valence-corrected chi connectivity index (χ2v) is 7.72. The van der Waals surface area contributed by atoms with Crippen LogP contribution in [-0.2, 0) is 14.4 Å². The number of carbonyl (C=O) groups is 3. The number of hydrogen-bond donors (Lipinski definition) is 3.